The number of carbonyl (C=O) groups is 2. The Morgan fingerprint density at radius 2 is 1.79 bits per heavy atom. The van der Waals surface area contributed by atoms with Crippen LogP contribution in [0.3, 0.4) is 0 Å². The van der Waals surface area contributed by atoms with E-state index in [-0.39, 0.29) is 12.3 Å². The maximum absolute atomic E-state index is 13.5. The largest absolute Gasteiger partial charge is 0.480 e. The third-order valence-electron chi connectivity index (χ3n) is 8.48. The molecule has 1 unspecified atom stereocenters. The van der Waals surface area contributed by atoms with E-state index in [1.807, 2.05) is 50.4 Å². The smallest absolute Gasteiger partial charge is 0.326 e. The number of nitrogens with one attached hydrogen (secondary N) is 1. The first-order valence-electron chi connectivity index (χ1n) is 15.9. The number of amides is 1. The van der Waals surface area contributed by atoms with Crippen molar-refractivity contribution in [1.29, 1.82) is 0 Å². The molecule has 0 saturated heterocycles. The van der Waals surface area contributed by atoms with Crippen molar-refractivity contribution in [2.45, 2.75) is 97.1 Å². The van der Waals surface area contributed by atoms with E-state index in [1.54, 1.807) is 16.4 Å². The van der Waals surface area contributed by atoms with Crippen molar-refractivity contribution in [3.8, 4) is 11.1 Å². The molecule has 238 valence electrons. The van der Waals surface area contributed by atoms with Crippen LogP contribution < -0.4 is 5.32 Å². The van der Waals surface area contributed by atoms with E-state index in [1.165, 1.54) is 50.3 Å². The van der Waals surface area contributed by atoms with Crippen molar-refractivity contribution in [1.82, 2.24) is 9.62 Å². The molecule has 1 saturated carbocycles. The van der Waals surface area contributed by atoms with E-state index < -0.39 is 27.9 Å². The molecule has 1 amide bonds. The minimum atomic E-state index is -3.45. The normalized spacial score (nSPS) is 15.0. The summed E-state index contributed by atoms with van der Waals surface area (Å²) in [5.74, 6) is 0.00491. The van der Waals surface area contributed by atoms with Crippen LogP contribution in [-0.4, -0.2) is 60.1 Å². The van der Waals surface area contributed by atoms with Gasteiger partial charge >= 0.3 is 5.97 Å². The lowest BCUT2D eigenvalue weighted by molar-refractivity contribution is -0.139. The van der Waals surface area contributed by atoms with Crippen molar-refractivity contribution < 1.29 is 23.1 Å². The Morgan fingerprint density at radius 3 is 2.47 bits per heavy atom. The summed E-state index contributed by atoms with van der Waals surface area (Å²) < 4.78 is 28.5. The molecule has 3 rings (SSSR count). The molecule has 2 aromatic carbocycles. The number of unbranched alkanes of at least 4 members (excludes halogenated alkanes) is 2. The second kappa shape index (κ2) is 17.8. The zero-order valence-corrected chi connectivity index (χ0v) is 27.8. The summed E-state index contributed by atoms with van der Waals surface area (Å²) in [7, 11) is -3.45. The van der Waals surface area contributed by atoms with Gasteiger partial charge in [0, 0.05) is 18.7 Å². The van der Waals surface area contributed by atoms with Crippen molar-refractivity contribution in [3.63, 3.8) is 0 Å². The predicted molar refractivity (Wildman–Crippen MR) is 178 cm³/mol. The Kier molecular flexibility index (Phi) is 14.6. The van der Waals surface area contributed by atoms with E-state index in [2.05, 4.69) is 5.32 Å². The summed E-state index contributed by atoms with van der Waals surface area (Å²) in [6, 6.07) is 12.2. The Bertz CT molecular complexity index is 1290. The van der Waals surface area contributed by atoms with Gasteiger partial charge in [0.15, 0.2) is 0 Å². The topological polar surface area (TPSA) is 104 Å². The molecule has 0 spiro atoms. The first kappa shape index (κ1) is 35.1. The highest BCUT2D eigenvalue weighted by Gasteiger charge is 2.25. The summed E-state index contributed by atoms with van der Waals surface area (Å²) in [5.41, 5.74) is 3.69. The number of benzene rings is 2. The predicted octanol–water partition coefficient (Wildman–Crippen LogP) is 7.28. The first-order chi connectivity index (χ1) is 20.7. The molecule has 2 N–H and O–H groups in total. The van der Waals surface area contributed by atoms with E-state index in [9.17, 15) is 23.1 Å². The zero-order chi connectivity index (χ0) is 31.2. The lowest BCUT2D eigenvalue weighted by atomic mass is 9.86. The molecule has 1 aliphatic rings. The Morgan fingerprint density at radius 1 is 1.05 bits per heavy atom. The molecule has 43 heavy (non-hydrogen) atoms. The minimum Gasteiger partial charge on any atom is -0.480 e. The number of sulfonamides is 1. The Balaban J connectivity index is 1.87. The number of aryl methyl sites for hydroxylation is 1. The molecule has 7 nitrogen and oxygen atoms in total. The number of carbonyl (C=O) groups excluding carboxylic acids is 1. The van der Waals surface area contributed by atoms with Gasteiger partial charge in [0.05, 0.1) is 5.75 Å². The van der Waals surface area contributed by atoms with Crippen LogP contribution in [0.25, 0.3) is 11.1 Å². The number of hydrogen-bond acceptors (Lipinski definition) is 5. The van der Waals surface area contributed by atoms with Crippen LogP contribution in [0.4, 0.5) is 0 Å². The molecule has 1 atom stereocenters. The zero-order valence-electron chi connectivity index (χ0n) is 26.1. The highest BCUT2D eigenvalue weighted by molar-refractivity contribution is 7.98. The minimum absolute atomic E-state index is 0.129. The molecule has 1 aliphatic carbocycles. The van der Waals surface area contributed by atoms with Crippen LogP contribution in [0, 0.1) is 12.8 Å². The van der Waals surface area contributed by atoms with Crippen molar-refractivity contribution in [2.24, 2.45) is 5.92 Å². The summed E-state index contributed by atoms with van der Waals surface area (Å²) in [5, 5.41) is 12.4. The lowest BCUT2D eigenvalue weighted by Gasteiger charge is -2.25. The molecule has 2 aromatic rings. The molecule has 1 fully saturated rings. The van der Waals surface area contributed by atoms with Crippen LogP contribution in [-0.2, 0) is 21.4 Å². The van der Waals surface area contributed by atoms with Gasteiger partial charge in [0.25, 0.3) is 5.91 Å². The highest BCUT2D eigenvalue weighted by Crippen LogP contribution is 2.30. The molecular weight excluding hydrogens is 581 g/mol. The van der Waals surface area contributed by atoms with Crippen LogP contribution in [0.1, 0.15) is 99.0 Å². The molecule has 0 bridgehead atoms. The average molecular weight is 631 g/mol. The van der Waals surface area contributed by atoms with Gasteiger partial charge < -0.3 is 10.4 Å². The van der Waals surface area contributed by atoms with Crippen LogP contribution in [0.5, 0.6) is 0 Å². The van der Waals surface area contributed by atoms with Crippen LogP contribution in [0.15, 0.2) is 42.5 Å². The lowest BCUT2D eigenvalue weighted by Crippen LogP contribution is -2.41. The molecular formula is C34H50N2O5S2. The van der Waals surface area contributed by atoms with E-state index in [4.69, 9.17) is 0 Å². The van der Waals surface area contributed by atoms with Crippen molar-refractivity contribution in [3.05, 3.63) is 59.2 Å². The van der Waals surface area contributed by atoms with Gasteiger partial charge in [-0.2, -0.15) is 16.1 Å². The third kappa shape index (κ3) is 10.9. The van der Waals surface area contributed by atoms with Crippen LogP contribution in [0.2, 0.25) is 0 Å². The van der Waals surface area contributed by atoms with Gasteiger partial charge in [-0.15, -0.1) is 0 Å². The second-order valence-electron chi connectivity index (χ2n) is 11.8. The van der Waals surface area contributed by atoms with Gasteiger partial charge in [-0.25, -0.2) is 13.2 Å². The maximum Gasteiger partial charge on any atom is 0.326 e. The van der Waals surface area contributed by atoms with Gasteiger partial charge in [0.2, 0.25) is 10.0 Å². The maximum atomic E-state index is 13.5. The molecule has 0 aromatic heterocycles. The first-order valence-corrected chi connectivity index (χ1v) is 18.9. The number of aliphatic carboxylic acids is 1. The fourth-order valence-electron chi connectivity index (χ4n) is 5.89. The monoisotopic (exact) mass is 630 g/mol. The molecule has 0 radical (unpaired) electrons. The molecule has 9 heteroatoms. The van der Waals surface area contributed by atoms with Crippen LogP contribution >= 0.6 is 11.8 Å². The second-order valence-corrected chi connectivity index (χ2v) is 14.9. The van der Waals surface area contributed by atoms with Gasteiger partial charge in [-0.05, 0) is 78.5 Å². The van der Waals surface area contributed by atoms with E-state index >= 15 is 0 Å². The third-order valence-corrected chi connectivity index (χ3v) is 11.0. The van der Waals surface area contributed by atoms with Gasteiger partial charge in [0.1, 0.15) is 6.04 Å². The number of carboxylic acid groups (broad SMARTS) is 1. The number of carboxylic acids is 1. The molecule has 0 aliphatic heterocycles. The van der Waals surface area contributed by atoms with Crippen molar-refractivity contribution >= 4 is 33.7 Å². The quantitative estimate of drug-likeness (QED) is 0.168. The summed E-state index contributed by atoms with van der Waals surface area (Å²) >= 11 is 1.53. The number of hydrogen-bond donors (Lipinski definition) is 2. The SMILES string of the molecule is CCCCS(=O)(=O)N(CCCCC1CCCCC1)Cc1ccc(C(=O)NC(CCSC)C(=O)O)c(-c2ccccc2C)c1. The number of nitrogens with zero attached hydrogens (tertiary/aromatic N) is 1. The molecule has 0 heterocycles. The van der Waals surface area contributed by atoms with Gasteiger partial charge in [-0.1, -0.05) is 88.6 Å². The number of thioether (sulfide) groups is 1. The Hall–Kier alpha value is -2.36. The van der Waals surface area contributed by atoms with Crippen molar-refractivity contribution in [2.75, 3.05) is 24.3 Å². The highest BCUT2D eigenvalue weighted by atomic mass is 32.2. The van der Waals surface area contributed by atoms with E-state index in [0.717, 1.165) is 41.9 Å². The van der Waals surface area contributed by atoms with Gasteiger partial charge in [-0.3, -0.25) is 4.79 Å². The summed E-state index contributed by atoms with van der Waals surface area (Å²) in [6.07, 6.45) is 13.2. The summed E-state index contributed by atoms with van der Waals surface area (Å²) in [6.45, 7) is 4.69. The van der Waals surface area contributed by atoms with E-state index in [0.29, 0.717) is 36.3 Å². The Labute approximate surface area is 263 Å². The number of rotatable bonds is 18. The standard InChI is InChI=1S/C34H50N2O5S2/c1-4-5-23-43(40,41)36(21-12-11-16-27-14-7-6-8-15-27)25-28-18-19-30(31(24-28)29-17-10-9-13-26(29)2)33(37)35-32(34(38)39)20-22-42-3/h9-10,13,17-19,24,27,32H,4-8,11-12,14-16,20-23,25H2,1-3H3,(H,35,37)(H,38,39). The average Bonchev–Trinajstić information content (AvgIpc) is 3.00. The fourth-order valence-corrected chi connectivity index (χ4v) is 8.02. The fraction of sp³-hybridized carbons (Fsp3) is 0.588. The summed E-state index contributed by atoms with van der Waals surface area (Å²) in [4.78, 5) is 25.3.